The van der Waals surface area contributed by atoms with Gasteiger partial charge >= 0.3 is 0 Å². The van der Waals surface area contributed by atoms with E-state index in [1.807, 2.05) is 6.07 Å². The highest BCUT2D eigenvalue weighted by atomic mass is 16.5. The Labute approximate surface area is 97.3 Å². The van der Waals surface area contributed by atoms with E-state index in [0.717, 1.165) is 25.7 Å². The predicted molar refractivity (Wildman–Crippen MR) is 64.3 cm³/mol. The summed E-state index contributed by atoms with van der Waals surface area (Å²) in [4.78, 5) is 0. The second-order valence-electron chi connectivity index (χ2n) is 4.69. The first kappa shape index (κ1) is 11.6. The number of ether oxygens (including phenoxy) is 1. The van der Waals surface area contributed by atoms with Gasteiger partial charge < -0.3 is 9.84 Å². The highest BCUT2D eigenvalue weighted by Crippen LogP contribution is 2.29. The van der Waals surface area contributed by atoms with Gasteiger partial charge in [0.15, 0.2) is 0 Å². The van der Waals surface area contributed by atoms with Crippen molar-refractivity contribution in [1.82, 2.24) is 0 Å². The van der Waals surface area contributed by atoms with Crippen LogP contribution >= 0.6 is 0 Å². The molecule has 3 atom stereocenters. The van der Waals surface area contributed by atoms with Crippen LogP contribution in [0, 0.1) is 5.92 Å². The average Bonchev–Trinajstić information content (AvgIpc) is 2.33. The third-order valence-electron chi connectivity index (χ3n) is 3.58. The first-order valence-corrected chi connectivity index (χ1v) is 6.04. The third-order valence-corrected chi connectivity index (χ3v) is 3.58. The molecule has 1 aromatic carbocycles. The Hall–Kier alpha value is -0.860. The van der Waals surface area contributed by atoms with Gasteiger partial charge in [0.1, 0.15) is 0 Å². The van der Waals surface area contributed by atoms with E-state index in [4.69, 9.17) is 4.74 Å². The van der Waals surface area contributed by atoms with Gasteiger partial charge in [-0.3, -0.25) is 0 Å². The number of hydrogen-bond acceptors (Lipinski definition) is 2. The number of methoxy groups -OCH3 is 1. The zero-order valence-electron chi connectivity index (χ0n) is 9.80. The molecule has 0 aliphatic heterocycles. The van der Waals surface area contributed by atoms with Crippen LogP contribution in [0.4, 0.5) is 0 Å². The van der Waals surface area contributed by atoms with Gasteiger partial charge in [-0.25, -0.2) is 0 Å². The zero-order chi connectivity index (χ0) is 11.4. The summed E-state index contributed by atoms with van der Waals surface area (Å²) in [5, 5.41) is 10.1. The number of aliphatic hydroxyl groups excluding tert-OH is 1. The van der Waals surface area contributed by atoms with E-state index in [2.05, 4.69) is 24.3 Å². The van der Waals surface area contributed by atoms with Crippen molar-refractivity contribution in [2.45, 2.75) is 37.9 Å². The van der Waals surface area contributed by atoms with Gasteiger partial charge in [0.25, 0.3) is 0 Å². The molecule has 3 unspecified atom stereocenters. The molecule has 0 spiro atoms. The maximum Gasteiger partial charge on any atom is 0.0596 e. The van der Waals surface area contributed by atoms with Gasteiger partial charge in [0.2, 0.25) is 0 Å². The van der Waals surface area contributed by atoms with Gasteiger partial charge in [-0.1, -0.05) is 30.3 Å². The molecule has 16 heavy (non-hydrogen) atoms. The molecule has 0 radical (unpaired) electrons. The standard InChI is InChI=1S/C14H20O2/c1-16-13-8-7-12(14(15)10-13)9-11-5-3-2-4-6-11/h2-6,12-15H,7-10H2,1H3. The Bertz CT molecular complexity index is 310. The molecule has 0 bridgehead atoms. The van der Waals surface area contributed by atoms with E-state index in [0.29, 0.717) is 5.92 Å². The second kappa shape index (κ2) is 5.46. The van der Waals surface area contributed by atoms with Crippen molar-refractivity contribution in [3.05, 3.63) is 35.9 Å². The number of benzene rings is 1. The van der Waals surface area contributed by atoms with E-state index in [1.54, 1.807) is 7.11 Å². The SMILES string of the molecule is COC1CCC(Cc2ccccc2)C(O)C1. The summed E-state index contributed by atoms with van der Waals surface area (Å²) in [5.41, 5.74) is 1.32. The van der Waals surface area contributed by atoms with Crippen LogP contribution in [-0.4, -0.2) is 24.4 Å². The van der Waals surface area contributed by atoms with E-state index >= 15 is 0 Å². The van der Waals surface area contributed by atoms with E-state index < -0.39 is 0 Å². The first-order valence-electron chi connectivity index (χ1n) is 6.04. The lowest BCUT2D eigenvalue weighted by Gasteiger charge is -2.32. The molecule has 1 saturated carbocycles. The molecular weight excluding hydrogens is 200 g/mol. The molecule has 0 heterocycles. The molecule has 88 valence electrons. The molecular formula is C14H20O2. The van der Waals surface area contributed by atoms with E-state index in [-0.39, 0.29) is 12.2 Å². The van der Waals surface area contributed by atoms with Crippen molar-refractivity contribution >= 4 is 0 Å². The normalized spacial score (nSPS) is 30.2. The van der Waals surface area contributed by atoms with Gasteiger partial charge in [-0.2, -0.15) is 0 Å². The summed E-state index contributed by atoms with van der Waals surface area (Å²) in [7, 11) is 1.73. The minimum Gasteiger partial charge on any atom is -0.393 e. The van der Waals surface area contributed by atoms with E-state index in [9.17, 15) is 5.11 Å². The highest BCUT2D eigenvalue weighted by molar-refractivity contribution is 5.15. The maximum atomic E-state index is 10.1. The average molecular weight is 220 g/mol. The lowest BCUT2D eigenvalue weighted by atomic mass is 9.81. The molecule has 1 fully saturated rings. The quantitative estimate of drug-likeness (QED) is 0.847. The van der Waals surface area contributed by atoms with Crippen LogP contribution in [0.3, 0.4) is 0 Å². The molecule has 1 aromatic rings. The van der Waals surface area contributed by atoms with Crippen molar-refractivity contribution in [2.75, 3.05) is 7.11 Å². The fraction of sp³-hybridized carbons (Fsp3) is 0.571. The molecule has 1 aliphatic rings. The summed E-state index contributed by atoms with van der Waals surface area (Å²) in [6, 6.07) is 10.4. The van der Waals surface area contributed by atoms with Crippen molar-refractivity contribution in [1.29, 1.82) is 0 Å². The fourth-order valence-corrected chi connectivity index (χ4v) is 2.54. The summed E-state index contributed by atoms with van der Waals surface area (Å²) >= 11 is 0. The highest BCUT2D eigenvalue weighted by Gasteiger charge is 2.28. The maximum absolute atomic E-state index is 10.1. The van der Waals surface area contributed by atoms with Crippen molar-refractivity contribution in [3.8, 4) is 0 Å². The number of hydrogen-bond donors (Lipinski definition) is 1. The van der Waals surface area contributed by atoms with Crippen molar-refractivity contribution in [3.63, 3.8) is 0 Å². The topological polar surface area (TPSA) is 29.5 Å². The lowest BCUT2D eigenvalue weighted by molar-refractivity contribution is -0.0195. The summed E-state index contributed by atoms with van der Waals surface area (Å²) in [6.07, 6.45) is 3.95. The first-order chi connectivity index (χ1) is 7.79. The van der Waals surface area contributed by atoms with Crippen LogP contribution in [0.25, 0.3) is 0 Å². The van der Waals surface area contributed by atoms with Crippen molar-refractivity contribution in [2.24, 2.45) is 5.92 Å². The molecule has 1 aliphatic carbocycles. The Morgan fingerprint density at radius 1 is 1.25 bits per heavy atom. The molecule has 2 nitrogen and oxygen atoms in total. The summed E-state index contributed by atoms with van der Waals surface area (Å²) < 4.78 is 5.30. The van der Waals surface area contributed by atoms with Crippen molar-refractivity contribution < 1.29 is 9.84 Å². The monoisotopic (exact) mass is 220 g/mol. The van der Waals surface area contributed by atoms with Crippen LogP contribution in [0.15, 0.2) is 30.3 Å². The molecule has 0 amide bonds. The van der Waals surface area contributed by atoms with Gasteiger partial charge in [0, 0.05) is 7.11 Å². The second-order valence-corrected chi connectivity index (χ2v) is 4.69. The largest absolute Gasteiger partial charge is 0.393 e. The van der Waals surface area contributed by atoms with Gasteiger partial charge in [0.05, 0.1) is 12.2 Å². The zero-order valence-corrected chi connectivity index (χ0v) is 9.80. The fourth-order valence-electron chi connectivity index (χ4n) is 2.54. The van der Waals surface area contributed by atoms with Crippen LogP contribution in [0.5, 0.6) is 0 Å². The molecule has 0 saturated heterocycles. The molecule has 1 N–H and O–H groups in total. The number of aliphatic hydroxyl groups is 1. The minimum atomic E-state index is -0.209. The minimum absolute atomic E-state index is 0.209. The molecule has 2 rings (SSSR count). The molecule has 0 aromatic heterocycles. The summed E-state index contributed by atoms with van der Waals surface area (Å²) in [5.74, 6) is 0.397. The van der Waals surface area contributed by atoms with Crippen LogP contribution in [-0.2, 0) is 11.2 Å². The third kappa shape index (κ3) is 2.83. The van der Waals surface area contributed by atoms with E-state index in [1.165, 1.54) is 5.56 Å². The Kier molecular flexibility index (Phi) is 3.97. The Morgan fingerprint density at radius 3 is 2.62 bits per heavy atom. The molecule has 2 heteroatoms. The van der Waals surface area contributed by atoms with Gasteiger partial charge in [-0.15, -0.1) is 0 Å². The van der Waals surface area contributed by atoms with Gasteiger partial charge in [-0.05, 0) is 37.2 Å². The van der Waals surface area contributed by atoms with Crippen LogP contribution < -0.4 is 0 Å². The summed E-state index contributed by atoms with van der Waals surface area (Å²) in [6.45, 7) is 0. The Balaban J connectivity index is 1.92. The number of rotatable bonds is 3. The lowest BCUT2D eigenvalue weighted by Crippen LogP contribution is -2.34. The van der Waals surface area contributed by atoms with Crippen LogP contribution in [0.1, 0.15) is 24.8 Å². The van der Waals surface area contributed by atoms with Crippen LogP contribution in [0.2, 0.25) is 0 Å². The smallest absolute Gasteiger partial charge is 0.0596 e. The Morgan fingerprint density at radius 2 is 2.00 bits per heavy atom. The predicted octanol–water partition coefficient (Wildman–Crippen LogP) is 2.41.